The van der Waals surface area contributed by atoms with E-state index < -0.39 is 22.6 Å². The van der Waals surface area contributed by atoms with Gasteiger partial charge in [0.05, 0.1) is 11.3 Å². The number of aromatic nitrogens is 3. The van der Waals surface area contributed by atoms with Crippen LogP contribution < -0.4 is 10.0 Å². The molecule has 1 spiro atoms. The Bertz CT molecular complexity index is 1310. The molecule has 2 aliphatic heterocycles. The maximum absolute atomic E-state index is 12.8. The van der Waals surface area contributed by atoms with Crippen molar-refractivity contribution in [2.45, 2.75) is 36.9 Å². The van der Waals surface area contributed by atoms with Gasteiger partial charge < -0.3 is 4.90 Å². The molecule has 0 amide bonds. The van der Waals surface area contributed by atoms with Crippen LogP contribution in [0.5, 0.6) is 0 Å². The van der Waals surface area contributed by atoms with Crippen LogP contribution in [0.4, 0.5) is 19.0 Å². The zero-order chi connectivity index (χ0) is 24.1. The first kappa shape index (κ1) is 23.1. The van der Waals surface area contributed by atoms with Gasteiger partial charge in [-0.3, -0.25) is 4.90 Å². The normalized spacial score (nSPS) is 21.8. The second-order valence-electron chi connectivity index (χ2n) is 9.37. The van der Waals surface area contributed by atoms with Crippen LogP contribution in [0, 0.1) is 5.41 Å². The van der Waals surface area contributed by atoms with Crippen LogP contribution in [0.2, 0.25) is 0 Å². The van der Waals surface area contributed by atoms with Gasteiger partial charge in [0.2, 0.25) is 10.0 Å². The van der Waals surface area contributed by atoms with Crippen LogP contribution >= 0.6 is 0 Å². The molecular formula is C22H25F3N6O2S. The Morgan fingerprint density at radius 1 is 1.06 bits per heavy atom. The van der Waals surface area contributed by atoms with Crippen molar-refractivity contribution in [1.29, 1.82) is 0 Å². The molecule has 5 rings (SSSR count). The van der Waals surface area contributed by atoms with Crippen molar-refractivity contribution < 1.29 is 21.6 Å². The van der Waals surface area contributed by atoms with Crippen molar-refractivity contribution >= 4 is 21.4 Å². The molecule has 0 saturated carbocycles. The number of sulfonamides is 1. The number of benzene rings is 1. The predicted octanol–water partition coefficient (Wildman–Crippen LogP) is 2.58. The second kappa shape index (κ2) is 8.21. The molecule has 8 nitrogen and oxygen atoms in total. The minimum absolute atomic E-state index is 0.0872. The molecular weight excluding hydrogens is 469 g/mol. The zero-order valence-corrected chi connectivity index (χ0v) is 19.2. The lowest BCUT2D eigenvalue weighted by molar-refractivity contribution is -0.127. The molecule has 2 N–H and O–H groups in total. The van der Waals surface area contributed by atoms with Crippen LogP contribution in [0.15, 0.2) is 47.8 Å². The molecule has 3 aromatic rings. The number of nitrogens with two attached hydrogens (primary N) is 1. The van der Waals surface area contributed by atoms with Gasteiger partial charge in [0.15, 0.2) is 5.82 Å². The summed E-state index contributed by atoms with van der Waals surface area (Å²) in [5.74, 6) is 0.664. The van der Waals surface area contributed by atoms with Gasteiger partial charge in [0.25, 0.3) is 0 Å². The minimum atomic E-state index is -4.28. The van der Waals surface area contributed by atoms with Crippen LogP contribution in [0.25, 0.3) is 5.52 Å². The molecule has 34 heavy (non-hydrogen) atoms. The van der Waals surface area contributed by atoms with E-state index in [1.54, 1.807) is 12.1 Å². The highest BCUT2D eigenvalue weighted by molar-refractivity contribution is 7.89. The van der Waals surface area contributed by atoms with Crippen molar-refractivity contribution in [3.8, 4) is 0 Å². The van der Waals surface area contributed by atoms with Crippen molar-refractivity contribution in [2.75, 3.05) is 31.1 Å². The van der Waals surface area contributed by atoms with E-state index in [2.05, 4.69) is 19.9 Å². The predicted molar refractivity (Wildman–Crippen MR) is 120 cm³/mol. The largest absolute Gasteiger partial charge is 0.393 e. The zero-order valence-electron chi connectivity index (χ0n) is 18.4. The first-order valence-electron chi connectivity index (χ1n) is 11.0. The lowest BCUT2D eigenvalue weighted by Crippen LogP contribution is -2.31. The van der Waals surface area contributed by atoms with Gasteiger partial charge >= 0.3 is 6.18 Å². The molecule has 2 fully saturated rings. The number of halogens is 3. The first-order valence-corrected chi connectivity index (χ1v) is 12.5. The fourth-order valence-electron chi connectivity index (χ4n) is 5.20. The van der Waals surface area contributed by atoms with Crippen molar-refractivity contribution in [1.82, 2.24) is 19.5 Å². The standard InChI is InChI=1S/C22H25F3N6O2S/c23-22(24,25)10-17-9-19-20(27-15-28-31(19)12-17)30-8-6-21(14-30)5-7-29(13-21)11-16-1-3-18(4-2-16)34(26,32)33/h1-4,9,12,15H,5-8,10-11,13-14H2,(H2,26,32,33). The summed E-state index contributed by atoms with van der Waals surface area (Å²) in [5, 5.41) is 9.26. The number of fused-ring (bicyclic) bond motifs is 1. The molecule has 0 radical (unpaired) electrons. The highest BCUT2D eigenvalue weighted by Gasteiger charge is 2.44. The molecule has 0 bridgehead atoms. The summed E-state index contributed by atoms with van der Waals surface area (Å²) in [6, 6.07) is 8.15. The molecule has 1 unspecified atom stereocenters. The molecule has 1 aromatic carbocycles. The van der Waals surface area contributed by atoms with Gasteiger partial charge in [-0.1, -0.05) is 12.1 Å². The third-order valence-electron chi connectivity index (χ3n) is 6.76. The van der Waals surface area contributed by atoms with Gasteiger partial charge in [-0.2, -0.15) is 18.3 Å². The van der Waals surface area contributed by atoms with Crippen molar-refractivity contribution in [2.24, 2.45) is 10.6 Å². The maximum Gasteiger partial charge on any atom is 0.393 e. The fraction of sp³-hybridized carbons (Fsp3) is 0.455. The lowest BCUT2D eigenvalue weighted by Gasteiger charge is -2.25. The number of hydrogen-bond donors (Lipinski definition) is 1. The van der Waals surface area contributed by atoms with E-state index in [1.165, 1.54) is 35.2 Å². The fourth-order valence-corrected chi connectivity index (χ4v) is 5.71. The molecule has 4 heterocycles. The third kappa shape index (κ3) is 4.75. The summed E-state index contributed by atoms with van der Waals surface area (Å²) in [4.78, 5) is 9.01. The van der Waals surface area contributed by atoms with Crippen LogP contribution in [0.1, 0.15) is 24.0 Å². The summed E-state index contributed by atoms with van der Waals surface area (Å²) in [5.41, 5.74) is 1.86. The molecule has 2 aliphatic rings. The number of rotatable bonds is 5. The molecule has 0 aliphatic carbocycles. The molecule has 1 atom stereocenters. The van der Waals surface area contributed by atoms with E-state index in [-0.39, 0.29) is 15.9 Å². The van der Waals surface area contributed by atoms with Gasteiger partial charge in [-0.25, -0.2) is 23.1 Å². The number of nitrogens with zero attached hydrogens (tertiary/aromatic N) is 5. The summed E-state index contributed by atoms with van der Waals surface area (Å²) >= 11 is 0. The minimum Gasteiger partial charge on any atom is -0.354 e. The Labute approximate surface area is 195 Å². The Morgan fingerprint density at radius 2 is 1.79 bits per heavy atom. The molecule has 2 saturated heterocycles. The number of hydrogen-bond acceptors (Lipinski definition) is 6. The quantitative estimate of drug-likeness (QED) is 0.586. The summed E-state index contributed by atoms with van der Waals surface area (Å²) in [6.45, 7) is 4.08. The van der Waals surface area contributed by atoms with E-state index in [1.807, 2.05) is 0 Å². The maximum atomic E-state index is 12.8. The first-order chi connectivity index (χ1) is 16.0. The average Bonchev–Trinajstić information content (AvgIpc) is 3.45. The monoisotopic (exact) mass is 494 g/mol. The Hall–Kier alpha value is -2.70. The number of likely N-dealkylation sites (tertiary alicyclic amines) is 1. The van der Waals surface area contributed by atoms with E-state index in [4.69, 9.17) is 5.14 Å². The van der Waals surface area contributed by atoms with E-state index in [9.17, 15) is 21.6 Å². The van der Waals surface area contributed by atoms with Crippen molar-refractivity contribution in [3.63, 3.8) is 0 Å². The van der Waals surface area contributed by atoms with E-state index in [0.717, 1.165) is 44.6 Å². The van der Waals surface area contributed by atoms with Gasteiger partial charge in [-0.05, 0) is 48.7 Å². The summed E-state index contributed by atoms with van der Waals surface area (Å²) < 4.78 is 62.9. The number of alkyl halides is 3. The Balaban J connectivity index is 1.27. The number of primary sulfonamides is 1. The summed E-state index contributed by atoms with van der Waals surface area (Å²) in [7, 11) is -3.71. The molecule has 182 valence electrons. The van der Waals surface area contributed by atoms with Crippen LogP contribution in [0.3, 0.4) is 0 Å². The lowest BCUT2D eigenvalue weighted by atomic mass is 9.86. The molecule has 12 heteroatoms. The average molecular weight is 495 g/mol. The van der Waals surface area contributed by atoms with Gasteiger partial charge in [0, 0.05) is 37.8 Å². The highest BCUT2D eigenvalue weighted by atomic mass is 32.2. The smallest absolute Gasteiger partial charge is 0.354 e. The molecule has 2 aromatic heterocycles. The van der Waals surface area contributed by atoms with Crippen molar-refractivity contribution in [3.05, 3.63) is 54.0 Å². The third-order valence-corrected chi connectivity index (χ3v) is 7.69. The topological polar surface area (TPSA) is 96.8 Å². The van der Waals surface area contributed by atoms with E-state index in [0.29, 0.717) is 17.9 Å². The van der Waals surface area contributed by atoms with Gasteiger partial charge in [0.1, 0.15) is 11.8 Å². The van der Waals surface area contributed by atoms with Crippen LogP contribution in [-0.4, -0.2) is 60.3 Å². The second-order valence-corrected chi connectivity index (χ2v) is 10.9. The van der Waals surface area contributed by atoms with Crippen LogP contribution in [-0.2, 0) is 23.0 Å². The Kier molecular flexibility index (Phi) is 5.57. The van der Waals surface area contributed by atoms with Gasteiger partial charge in [-0.15, -0.1) is 0 Å². The Morgan fingerprint density at radius 3 is 2.50 bits per heavy atom. The highest BCUT2D eigenvalue weighted by Crippen LogP contribution is 2.42. The SMILES string of the molecule is NS(=O)(=O)c1ccc(CN2CCC3(CCN(c4ncnn5cc(CC(F)(F)F)cc45)C3)C2)cc1. The summed E-state index contributed by atoms with van der Waals surface area (Å²) in [6.07, 6.45) is -0.481. The van der Waals surface area contributed by atoms with E-state index >= 15 is 0 Å². The number of anilines is 1.